The van der Waals surface area contributed by atoms with Crippen molar-refractivity contribution in [3.8, 4) is 22.3 Å². The number of hydrogen-bond acceptors (Lipinski definition) is 5. The lowest BCUT2D eigenvalue weighted by Crippen LogP contribution is -2.48. The van der Waals surface area contributed by atoms with Crippen LogP contribution in [0, 0.1) is 0 Å². The molecule has 0 aliphatic carbocycles. The highest BCUT2D eigenvalue weighted by Crippen LogP contribution is 2.34. The summed E-state index contributed by atoms with van der Waals surface area (Å²) in [6, 6.07) is 6.16. The molecule has 8 nitrogen and oxygen atoms in total. The Morgan fingerprint density at radius 2 is 1.84 bits per heavy atom. The van der Waals surface area contributed by atoms with E-state index in [9.17, 15) is 4.79 Å². The summed E-state index contributed by atoms with van der Waals surface area (Å²) < 4.78 is 3.57. The van der Waals surface area contributed by atoms with Crippen LogP contribution in [0.25, 0.3) is 27.8 Å². The summed E-state index contributed by atoms with van der Waals surface area (Å²) in [6.45, 7) is 6.36. The molecule has 0 aromatic carbocycles. The molecule has 9 heteroatoms. The maximum absolute atomic E-state index is 11.8. The van der Waals surface area contributed by atoms with Crippen LogP contribution >= 0.6 is 11.6 Å². The van der Waals surface area contributed by atoms with E-state index < -0.39 is 0 Å². The largest absolute Gasteiger partial charge is 0.353 e. The van der Waals surface area contributed by atoms with Crippen LogP contribution in [0.1, 0.15) is 0 Å². The molecule has 162 valence electrons. The summed E-state index contributed by atoms with van der Waals surface area (Å²) in [5.74, 6) is 0.863. The Hall–Kier alpha value is -3.65. The van der Waals surface area contributed by atoms with Crippen molar-refractivity contribution in [1.82, 2.24) is 29.3 Å². The second-order valence-electron chi connectivity index (χ2n) is 7.75. The summed E-state index contributed by atoms with van der Waals surface area (Å²) in [5.41, 5.74) is 4.73. The number of aromatic nitrogens is 5. The van der Waals surface area contributed by atoms with Crippen molar-refractivity contribution in [3.63, 3.8) is 0 Å². The van der Waals surface area contributed by atoms with Crippen molar-refractivity contribution >= 4 is 28.8 Å². The number of pyridine rings is 2. The van der Waals surface area contributed by atoms with Crippen LogP contribution in [0.4, 0.5) is 5.82 Å². The summed E-state index contributed by atoms with van der Waals surface area (Å²) in [5, 5.41) is 9.27. The van der Waals surface area contributed by atoms with Crippen LogP contribution in [0.15, 0.2) is 61.8 Å². The standard InChI is InChI=1S/C23H22ClN7O/c1-3-22(32)30-8-6-29(7-9-30)21-5-4-16(11-25-21)19-10-17(18-12-26-28(2)14-18)15-31-23(19)20(24)13-27-31/h3-5,10-15H,1,6-9H2,2H3. The average molecular weight is 448 g/mol. The molecule has 4 aromatic rings. The molecule has 32 heavy (non-hydrogen) atoms. The van der Waals surface area contributed by atoms with Gasteiger partial charge in [-0.2, -0.15) is 10.2 Å². The van der Waals surface area contributed by atoms with Crippen LogP contribution in [0.2, 0.25) is 5.02 Å². The van der Waals surface area contributed by atoms with Gasteiger partial charge in [0.2, 0.25) is 5.91 Å². The first-order valence-corrected chi connectivity index (χ1v) is 10.7. The Bertz CT molecular complexity index is 1300. The summed E-state index contributed by atoms with van der Waals surface area (Å²) in [6.07, 6.45) is 10.6. The van der Waals surface area contributed by atoms with E-state index in [1.807, 2.05) is 37.9 Å². The highest BCUT2D eigenvalue weighted by molar-refractivity contribution is 6.34. The maximum atomic E-state index is 11.8. The number of nitrogens with zero attached hydrogens (tertiary/aromatic N) is 7. The van der Waals surface area contributed by atoms with Crippen LogP contribution in [-0.4, -0.2) is 61.4 Å². The average Bonchev–Trinajstić information content (AvgIpc) is 3.44. The van der Waals surface area contributed by atoms with E-state index in [-0.39, 0.29) is 5.91 Å². The zero-order chi connectivity index (χ0) is 22.2. The van der Waals surface area contributed by atoms with Gasteiger partial charge in [0.05, 0.1) is 22.9 Å². The SMILES string of the molecule is C=CC(=O)N1CCN(c2ccc(-c3cc(-c4cnn(C)c4)cn4ncc(Cl)c34)cn2)CC1. The molecule has 1 fully saturated rings. The van der Waals surface area contributed by atoms with E-state index in [2.05, 4.69) is 33.8 Å². The number of piperazine rings is 1. The fraction of sp³-hybridized carbons (Fsp3) is 0.217. The lowest BCUT2D eigenvalue weighted by atomic mass is 10.0. The Kier molecular flexibility index (Phi) is 5.14. The van der Waals surface area contributed by atoms with Crippen LogP contribution < -0.4 is 4.90 Å². The van der Waals surface area contributed by atoms with Gasteiger partial charge >= 0.3 is 0 Å². The molecule has 5 heterocycles. The zero-order valence-corrected chi connectivity index (χ0v) is 18.4. The predicted octanol–water partition coefficient (Wildman–Crippen LogP) is 3.28. The van der Waals surface area contributed by atoms with Crippen molar-refractivity contribution < 1.29 is 4.79 Å². The first-order chi connectivity index (χ1) is 15.5. The summed E-state index contributed by atoms with van der Waals surface area (Å²) >= 11 is 6.47. The molecule has 1 saturated heterocycles. The van der Waals surface area contributed by atoms with Gasteiger partial charge in [0.15, 0.2) is 0 Å². The number of aryl methyl sites for hydroxylation is 1. The molecular weight excluding hydrogens is 426 g/mol. The third-order valence-corrected chi connectivity index (χ3v) is 6.03. The minimum Gasteiger partial charge on any atom is -0.353 e. The van der Waals surface area contributed by atoms with Crippen LogP contribution in [0.3, 0.4) is 0 Å². The molecule has 0 atom stereocenters. The summed E-state index contributed by atoms with van der Waals surface area (Å²) in [4.78, 5) is 20.5. The van der Waals surface area contributed by atoms with Gasteiger partial charge in [0, 0.05) is 74.1 Å². The molecule has 0 unspecified atom stereocenters. The molecule has 1 aliphatic rings. The van der Waals surface area contributed by atoms with Crippen molar-refractivity contribution in [1.29, 1.82) is 0 Å². The quantitative estimate of drug-likeness (QED) is 0.449. The third kappa shape index (κ3) is 3.62. The van der Waals surface area contributed by atoms with Gasteiger partial charge in [0.25, 0.3) is 0 Å². The highest BCUT2D eigenvalue weighted by atomic mass is 35.5. The van der Waals surface area contributed by atoms with E-state index >= 15 is 0 Å². The first-order valence-electron chi connectivity index (χ1n) is 10.3. The predicted molar refractivity (Wildman–Crippen MR) is 125 cm³/mol. The van der Waals surface area contributed by atoms with E-state index in [1.165, 1.54) is 6.08 Å². The molecular formula is C23H22ClN7O. The summed E-state index contributed by atoms with van der Waals surface area (Å²) in [7, 11) is 1.89. The van der Waals surface area contributed by atoms with E-state index in [0.29, 0.717) is 18.1 Å². The van der Waals surface area contributed by atoms with E-state index in [0.717, 1.165) is 46.7 Å². The number of carbonyl (C=O) groups is 1. The maximum Gasteiger partial charge on any atom is 0.246 e. The minimum absolute atomic E-state index is 0.0249. The molecule has 1 aliphatic heterocycles. The monoisotopic (exact) mass is 447 g/mol. The van der Waals surface area contributed by atoms with Crippen molar-refractivity contribution in [2.45, 2.75) is 0 Å². The van der Waals surface area contributed by atoms with Gasteiger partial charge in [0.1, 0.15) is 5.82 Å². The second-order valence-corrected chi connectivity index (χ2v) is 8.16. The van der Waals surface area contributed by atoms with Gasteiger partial charge in [-0.25, -0.2) is 9.50 Å². The molecule has 0 bridgehead atoms. The fourth-order valence-electron chi connectivity index (χ4n) is 4.05. The van der Waals surface area contributed by atoms with E-state index in [4.69, 9.17) is 16.6 Å². The van der Waals surface area contributed by atoms with Gasteiger partial charge in [-0.05, 0) is 24.3 Å². The topological polar surface area (TPSA) is 71.6 Å². The first kappa shape index (κ1) is 20.3. The van der Waals surface area contributed by atoms with E-state index in [1.54, 1.807) is 20.3 Å². The minimum atomic E-state index is -0.0249. The van der Waals surface area contributed by atoms with Crippen molar-refractivity contribution in [3.05, 3.63) is 66.9 Å². The number of anilines is 1. The second kappa shape index (κ2) is 8.12. The number of rotatable bonds is 4. The molecule has 5 rings (SSSR count). The molecule has 0 N–H and O–H groups in total. The molecule has 4 aromatic heterocycles. The third-order valence-electron chi connectivity index (χ3n) is 5.75. The molecule has 0 spiro atoms. The number of fused-ring (bicyclic) bond motifs is 1. The Balaban J connectivity index is 1.46. The molecule has 0 saturated carbocycles. The molecule has 1 amide bonds. The van der Waals surface area contributed by atoms with Crippen LogP contribution in [0.5, 0.6) is 0 Å². The van der Waals surface area contributed by atoms with Crippen molar-refractivity contribution in [2.24, 2.45) is 7.05 Å². The van der Waals surface area contributed by atoms with Crippen LogP contribution in [-0.2, 0) is 11.8 Å². The Labute approximate surface area is 190 Å². The highest BCUT2D eigenvalue weighted by Gasteiger charge is 2.20. The number of amides is 1. The molecule has 0 radical (unpaired) electrons. The Morgan fingerprint density at radius 1 is 1.03 bits per heavy atom. The number of halogens is 1. The van der Waals surface area contributed by atoms with Gasteiger partial charge in [-0.1, -0.05) is 18.2 Å². The van der Waals surface area contributed by atoms with Gasteiger partial charge < -0.3 is 9.80 Å². The number of carbonyl (C=O) groups excluding carboxylic acids is 1. The lowest BCUT2D eigenvalue weighted by Gasteiger charge is -2.34. The smallest absolute Gasteiger partial charge is 0.246 e. The van der Waals surface area contributed by atoms with Gasteiger partial charge in [-0.3, -0.25) is 9.48 Å². The normalized spacial score (nSPS) is 14.2. The van der Waals surface area contributed by atoms with Crippen molar-refractivity contribution in [2.75, 3.05) is 31.1 Å². The zero-order valence-electron chi connectivity index (χ0n) is 17.6. The Morgan fingerprint density at radius 3 is 2.50 bits per heavy atom. The van der Waals surface area contributed by atoms with Gasteiger partial charge in [-0.15, -0.1) is 0 Å². The lowest BCUT2D eigenvalue weighted by molar-refractivity contribution is -0.126. The fourth-order valence-corrected chi connectivity index (χ4v) is 4.28. The number of hydrogen-bond donors (Lipinski definition) is 0.